The number of halogens is 2. The minimum Gasteiger partial charge on any atom is -0.371 e. The van der Waals surface area contributed by atoms with Gasteiger partial charge in [0.2, 0.25) is 5.91 Å². The molecule has 1 unspecified atom stereocenters. The van der Waals surface area contributed by atoms with Gasteiger partial charge in [-0.3, -0.25) is 34.0 Å². The maximum absolute atomic E-state index is 14.5. The Morgan fingerprint density at radius 2 is 1.12 bits per heavy atom. The number of likely N-dealkylation sites (N-methyl/N-ethyl adjacent to an activating group) is 1. The highest BCUT2D eigenvalue weighted by atomic mass is 19.1. The first kappa shape index (κ1) is 61.1. The van der Waals surface area contributed by atoms with Crippen LogP contribution in [0.1, 0.15) is 108 Å². The highest BCUT2D eigenvalue weighted by molar-refractivity contribution is 5.96. The molecule has 17 heteroatoms. The molecule has 2 aromatic heterocycles. The van der Waals surface area contributed by atoms with Gasteiger partial charge in [-0.15, -0.1) is 0 Å². The summed E-state index contributed by atoms with van der Waals surface area (Å²) in [5.41, 5.74) is 8.85. The third kappa shape index (κ3) is 13.8. The van der Waals surface area contributed by atoms with Gasteiger partial charge < -0.3 is 40.2 Å². The van der Waals surface area contributed by atoms with Gasteiger partial charge in [0.25, 0.3) is 11.1 Å². The van der Waals surface area contributed by atoms with Crippen molar-refractivity contribution in [2.45, 2.75) is 122 Å². The van der Waals surface area contributed by atoms with E-state index in [0.29, 0.717) is 73.1 Å². The lowest BCUT2D eigenvalue weighted by molar-refractivity contribution is -0.120. The smallest absolute Gasteiger partial charge is 0.251 e. The number of piperidine rings is 1. The van der Waals surface area contributed by atoms with E-state index in [9.17, 15) is 23.2 Å². The monoisotopic (exact) mass is 1160 g/mol. The van der Waals surface area contributed by atoms with Gasteiger partial charge in [-0.05, 0) is 107 Å². The third-order valence-corrected chi connectivity index (χ3v) is 19.4. The summed E-state index contributed by atoms with van der Waals surface area (Å²) < 4.78 is 27.4. The number of fused-ring (bicyclic) bond motifs is 2. The second kappa shape index (κ2) is 25.2. The number of nitrogens with zero attached hydrogens (tertiary/aromatic N) is 8. The molecule has 1 amide bonds. The Bertz CT molecular complexity index is 2990. The van der Waals surface area contributed by atoms with Crippen LogP contribution in [0, 0.1) is 23.5 Å². The molecule has 0 aliphatic carbocycles. The number of aromatic nitrogens is 2. The minimum absolute atomic E-state index is 0. The molecular weight excluding hydrogens is 1060 g/mol. The number of benzene rings is 2. The maximum atomic E-state index is 14.5. The molecule has 2 aromatic carbocycles. The summed E-state index contributed by atoms with van der Waals surface area (Å²) >= 11 is 0. The van der Waals surface area contributed by atoms with E-state index in [2.05, 4.69) is 137 Å². The van der Waals surface area contributed by atoms with Gasteiger partial charge in [-0.2, -0.15) is 0 Å². The number of amides is 1. The number of aromatic amines is 2. The molecular formula is C67H102F2N12O3. The summed E-state index contributed by atoms with van der Waals surface area (Å²) in [7, 11) is 2.18. The number of H-pyrrole nitrogens is 2. The summed E-state index contributed by atoms with van der Waals surface area (Å²) in [5.74, 6) is 0.0344. The molecule has 10 rings (SSSR count). The van der Waals surface area contributed by atoms with Crippen molar-refractivity contribution in [1.82, 2.24) is 50.0 Å². The molecule has 0 saturated carbocycles. The van der Waals surface area contributed by atoms with E-state index in [1.54, 1.807) is 24.3 Å². The standard InChI is InChI=1S/C67H94F2N12O3.4H2/c1-43-25-52(30-61(82)81-42-67(10,11)63-60(81)29-54(65(84)73-63)27-51-15-19-57(69)20-16-51)55(31-70-43)39-77-23-21-75(36-47(77)5)45(3)34-74(12)35-46(4)76-22-24-78(48(6)37-76)40-58-32-71-44(2)33-79(58)38-49(7)80-41-66(8,9)62-59(80)28-53(64(83)72-62)26-50-13-17-56(68)18-14-50;;;;/h13-20,28-29,43-44,47-48,52,55,58,70-71H,3-4,7,21-27,30-42H2,1-2,5-6,8-12H3,(H,72,83)(H,73,84);4*1H/t43-,44-,47-,48-,52?,55-,58-;;;;/m1..../s1. The van der Waals surface area contributed by atoms with Crippen LogP contribution >= 0.6 is 0 Å². The lowest BCUT2D eigenvalue weighted by Gasteiger charge is -2.47. The summed E-state index contributed by atoms with van der Waals surface area (Å²) in [6.07, 6.45) is 2.17. The van der Waals surface area contributed by atoms with Crippen LogP contribution in [0.5, 0.6) is 0 Å². The molecule has 4 saturated heterocycles. The highest BCUT2D eigenvalue weighted by Gasteiger charge is 2.43. The number of pyridine rings is 2. The predicted octanol–water partition coefficient (Wildman–Crippen LogP) is 8.08. The van der Waals surface area contributed by atoms with Crippen molar-refractivity contribution < 1.29 is 19.3 Å². The number of nitrogens with one attached hydrogen (secondary N) is 4. The maximum Gasteiger partial charge on any atom is 0.251 e. The molecule has 6 aliphatic heterocycles. The summed E-state index contributed by atoms with van der Waals surface area (Å²) in [4.78, 5) is 67.0. The average molecular weight is 1160 g/mol. The predicted molar refractivity (Wildman–Crippen MR) is 343 cm³/mol. The van der Waals surface area contributed by atoms with E-state index in [1.807, 2.05) is 17.0 Å². The summed E-state index contributed by atoms with van der Waals surface area (Å²) in [5, 5.41) is 7.51. The van der Waals surface area contributed by atoms with Crippen LogP contribution in [0.4, 0.5) is 20.2 Å². The number of anilines is 2. The minimum atomic E-state index is -0.400. The molecule has 462 valence electrons. The lowest BCUT2D eigenvalue weighted by atomic mass is 9.80. The fourth-order valence-electron chi connectivity index (χ4n) is 14.4. The number of carbonyl (C=O) groups is 1. The average Bonchev–Trinajstić information content (AvgIpc) is 1.66. The third-order valence-electron chi connectivity index (χ3n) is 19.4. The first-order valence-corrected chi connectivity index (χ1v) is 30.9. The van der Waals surface area contributed by atoms with Crippen LogP contribution in [-0.2, 0) is 28.5 Å². The quantitative estimate of drug-likeness (QED) is 0.0724. The Hall–Kier alpha value is -5.95. The second-order valence-corrected chi connectivity index (χ2v) is 27.3. The van der Waals surface area contributed by atoms with E-state index in [0.717, 1.165) is 156 Å². The van der Waals surface area contributed by atoms with Gasteiger partial charge in [0.05, 0.1) is 11.4 Å². The van der Waals surface area contributed by atoms with Crippen molar-refractivity contribution in [3.05, 3.63) is 163 Å². The second-order valence-electron chi connectivity index (χ2n) is 27.3. The molecule has 8 heterocycles. The summed E-state index contributed by atoms with van der Waals surface area (Å²) in [6, 6.07) is 18.2. The number of piperazine rings is 3. The first-order chi connectivity index (χ1) is 39.9. The van der Waals surface area contributed by atoms with E-state index < -0.39 is 5.41 Å². The van der Waals surface area contributed by atoms with Crippen molar-refractivity contribution in [1.29, 1.82) is 0 Å². The van der Waals surface area contributed by atoms with Gasteiger partial charge in [0.15, 0.2) is 0 Å². The molecule has 0 spiro atoms. The number of hydrogen-bond donors (Lipinski definition) is 4. The lowest BCUT2D eigenvalue weighted by Crippen LogP contribution is -2.62. The number of carbonyl (C=O) groups excluding carboxylic acids is 1. The number of hydrogen-bond acceptors (Lipinski definition) is 12. The van der Waals surface area contributed by atoms with Gasteiger partial charge in [0.1, 0.15) is 11.6 Å². The topological polar surface area (TPSA) is 133 Å². The molecule has 7 atom stereocenters. The Morgan fingerprint density at radius 1 is 0.631 bits per heavy atom. The Labute approximate surface area is 503 Å². The fourth-order valence-corrected chi connectivity index (χ4v) is 14.4. The van der Waals surface area contributed by atoms with Crippen molar-refractivity contribution in [3.8, 4) is 0 Å². The molecule has 4 aromatic rings. The van der Waals surface area contributed by atoms with Gasteiger partial charge in [-0.25, -0.2) is 8.78 Å². The Kier molecular flexibility index (Phi) is 18.3. The molecule has 0 radical (unpaired) electrons. The van der Waals surface area contributed by atoms with E-state index in [-0.39, 0.29) is 45.7 Å². The molecule has 15 nitrogen and oxygen atoms in total. The Morgan fingerprint density at radius 3 is 1.64 bits per heavy atom. The van der Waals surface area contributed by atoms with Crippen LogP contribution in [-0.4, -0.2) is 187 Å². The van der Waals surface area contributed by atoms with Crippen molar-refractivity contribution in [2.24, 2.45) is 11.8 Å². The van der Waals surface area contributed by atoms with Gasteiger partial charge in [-0.1, -0.05) is 71.7 Å². The van der Waals surface area contributed by atoms with Crippen LogP contribution < -0.4 is 31.6 Å². The molecule has 84 heavy (non-hydrogen) atoms. The molecule has 4 fully saturated rings. The van der Waals surface area contributed by atoms with E-state index >= 15 is 0 Å². The van der Waals surface area contributed by atoms with Crippen LogP contribution in [0.2, 0.25) is 0 Å². The Balaban J connectivity index is 0.00000309. The zero-order valence-corrected chi connectivity index (χ0v) is 51.6. The normalized spacial score (nSPS) is 25.5. The fraction of sp³-hybridized carbons (Fsp3) is 0.567. The first-order valence-electron chi connectivity index (χ1n) is 30.9. The highest BCUT2D eigenvalue weighted by Crippen LogP contribution is 2.42. The zero-order chi connectivity index (χ0) is 59.9. The molecule has 0 bridgehead atoms. The van der Waals surface area contributed by atoms with Crippen molar-refractivity contribution >= 4 is 17.3 Å². The SMILES string of the molecule is C=C(CN(C)CC(=C)N1CCN(C[C@H]2CN[C@H](C)CN2CC(=C)N2CC(C)(C)c3[nH]c(=O)c(Cc4ccc(F)cc4)cc32)[C@H](C)C1)N1CCN(C[C@H]2CN[C@H](C)CC2CC(=O)N2CC(C)(C)c3[nH]c(=O)c(Cc4ccc(F)cc4)cc32)[C@H](C)C1.[HH].[HH].[HH].[HH]. The molecule has 4 N–H and O–H groups in total. The van der Waals surface area contributed by atoms with Gasteiger partial charge >= 0.3 is 0 Å². The van der Waals surface area contributed by atoms with Crippen LogP contribution in [0.3, 0.4) is 0 Å². The van der Waals surface area contributed by atoms with Crippen LogP contribution in [0.15, 0.2) is 107 Å². The largest absolute Gasteiger partial charge is 0.371 e. The van der Waals surface area contributed by atoms with E-state index in [4.69, 9.17) is 0 Å². The zero-order valence-electron chi connectivity index (χ0n) is 51.6. The van der Waals surface area contributed by atoms with Crippen molar-refractivity contribution in [2.75, 3.05) is 122 Å². The molecule has 6 aliphatic rings. The van der Waals surface area contributed by atoms with Gasteiger partial charge in [0, 0.05) is 204 Å². The number of rotatable bonds is 19. The van der Waals surface area contributed by atoms with E-state index in [1.165, 1.54) is 24.3 Å². The summed E-state index contributed by atoms with van der Waals surface area (Å²) in [6.45, 7) is 45.2. The van der Waals surface area contributed by atoms with Crippen molar-refractivity contribution in [3.63, 3.8) is 0 Å². The van der Waals surface area contributed by atoms with Crippen LogP contribution in [0.25, 0.3) is 0 Å².